The van der Waals surface area contributed by atoms with Crippen LogP contribution in [-0.4, -0.2) is 64.4 Å². The molecule has 2 aliphatic rings. The number of rotatable bonds is 7. The number of nitrogens with two attached hydrogens (primary N) is 1. The minimum atomic E-state index is -0.475. The maximum absolute atomic E-state index is 12.9. The molecule has 8 rings (SSSR count). The first-order valence-electron chi connectivity index (χ1n) is 16.3. The summed E-state index contributed by atoms with van der Waals surface area (Å²) < 4.78 is 4.00. The van der Waals surface area contributed by atoms with Crippen LogP contribution in [0.4, 0.5) is 5.82 Å². The number of nitrogens with one attached hydrogen (secondary N) is 1. The number of amides is 2. The third kappa shape index (κ3) is 5.43. The van der Waals surface area contributed by atoms with Gasteiger partial charge in [-0.15, -0.1) is 10.2 Å². The number of hydrogen-bond donors (Lipinski definition) is 3. The van der Waals surface area contributed by atoms with Crippen molar-refractivity contribution in [3.63, 3.8) is 0 Å². The Kier molecular flexibility index (Phi) is 7.56. The van der Waals surface area contributed by atoms with E-state index in [1.165, 1.54) is 5.56 Å². The van der Waals surface area contributed by atoms with Gasteiger partial charge in [0.15, 0.2) is 5.82 Å². The number of imide groups is 1. The second kappa shape index (κ2) is 12.2. The molecular formula is C36H35N9O3. The van der Waals surface area contributed by atoms with Gasteiger partial charge in [0.25, 0.3) is 0 Å². The van der Waals surface area contributed by atoms with E-state index < -0.39 is 6.04 Å². The molecule has 12 nitrogen and oxygen atoms in total. The van der Waals surface area contributed by atoms with Crippen LogP contribution < -0.4 is 11.1 Å². The van der Waals surface area contributed by atoms with Crippen molar-refractivity contribution in [3.8, 4) is 28.1 Å². The standard InChI is InChI=1S/C36H35N9O3/c37-34-27(17-28(41-42-34)25-6-1-2-9-31(25)46)24-18-39-44(21-24)19-22-12-15-43(16-13-22)20-23-5-3-8-29-33(23)26-7-4-14-38-35(26)45(29)30-10-11-32(47)40-36(30)48/h1-9,14,17-18,21-22,30,46H,10-13,15-16,19-20H2,(H2,37,42)(H,40,47,48). The van der Waals surface area contributed by atoms with E-state index in [-0.39, 0.29) is 17.6 Å². The smallest absolute Gasteiger partial charge is 0.249 e. The first-order chi connectivity index (χ1) is 23.4. The maximum atomic E-state index is 12.9. The predicted octanol–water partition coefficient (Wildman–Crippen LogP) is 4.69. The first kappa shape index (κ1) is 29.8. The highest BCUT2D eigenvalue weighted by Crippen LogP contribution is 2.36. The van der Waals surface area contributed by atoms with Crippen LogP contribution in [0.3, 0.4) is 0 Å². The zero-order chi connectivity index (χ0) is 32.8. The number of aromatic nitrogens is 6. The molecule has 0 aliphatic carbocycles. The molecule has 2 aliphatic heterocycles. The Morgan fingerprint density at radius 1 is 0.958 bits per heavy atom. The Bertz CT molecular complexity index is 2180. The molecule has 2 fully saturated rings. The third-order valence-corrected chi connectivity index (χ3v) is 9.69. The third-order valence-electron chi connectivity index (χ3n) is 9.69. The van der Waals surface area contributed by atoms with Crippen LogP contribution in [0.1, 0.15) is 37.3 Å². The molecule has 2 saturated heterocycles. The van der Waals surface area contributed by atoms with E-state index in [1.54, 1.807) is 30.6 Å². The van der Waals surface area contributed by atoms with Gasteiger partial charge in [-0.3, -0.25) is 24.5 Å². The van der Waals surface area contributed by atoms with Gasteiger partial charge in [0, 0.05) is 59.4 Å². The van der Waals surface area contributed by atoms with Crippen molar-refractivity contribution in [2.24, 2.45) is 5.92 Å². The lowest BCUT2D eigenvalue weighted by atomic mass is 9.96. The number of fused-ring (bicyclic) bond motifs is 3. The molecule has 0 bridgehead atoms. The van der Waals surface area contributed by atoms with Crippen molar-refractivity contribution in [2.45, 2.75) is 44.8 Å². The predicted molar refractivity (Wildman–Crippen MR) is 181 cm³/mol. The van der Waals surface area contributed by atoms with Crippen LogP contribution in [-0.2, 0) is 22.7 Å². The average Bonchev–Trinajstić information content (AvgIpc) is 3.69. The lowest BCUT2D eigenvalue weighted by molar-refractivity contribution is -0.135. The zero-order valence-electron chi connectivity index (χ0n) is 26.3. The molecule has 6 heterocycles. The number of pyridine rings is 1. The normalized spacial score (nSPS) is 17.7. The van der Waals surface area contributed by atoms with Crippen molar-refractivity contribution in [3.05, 3.63) is 84.8 Å². The Morgan fingerprint density at radius 3 is 2.65 bits per heavy atom. The minimum absolute atomic E-state index is 0.136. The highest BCUT2D eigenvalue weighted by Gasteiger charge is 2.31. The Morgan fingerprint density at radius 2 is 1.81 bits per heavy atom. The Hall–Kier alpha value is -5.62. The van der Waals surface area contributed by atoms with E-state index >= 15 is 0 Å². The number of piperidine rings is 2. The van der Waals surface area contributed by atoms with Crippen LogP contribution >= 0.6 is 0 Å². The number of nitrogen functional groups attached to an aromatic ring is 1. The summed E-state index contributed by atoms with van der Waals surface area (Å²) in [6.07, 6.45) is 8.42. The number of carbonyl (C=O) groups is 2. The van der Waals surface area contributed by atoms with Crippen molar-refractivity contribution in [1.29, 1.82) is 0 Å². The fraction of sp³-hybridized carbons (Fsp3) is 0.278. The number of nitrogens with zero attached hydrogens (tertiary/aromatic N) is 7. The topological polar surface area (TPSA) is 157 Å². The number of phenolic OH excluding ortho intramolecular Hbond substituents is 1. The van der Waals surface area contributed by atoms with Gasteiger partial charge >= 0.3 is 0 Å². The van der Waals surface area contributed by atoms with E-state index in [2.05, 4.69) is 54.8 Å². The summed E-state index contributed by atoms with van der Waals surface area (Å²) in [4.78, 5) is 32.0. The SMILES string of the molecule is Nc1nnc(-c2ccccc2O)cc1-c1cnn(CC2CCN(Cc3cccc4c3c3cccnc3n4C3CCC(=O)NC3=O)CC2)c1. The van der Waals surface area contributed by atoms with Crippen LogP contribution in [0.5, 0.6) is 5.75 Å². The van der Waals surface area contributed by atoms with E-state index in [0.717, 1.165) is 72.1 Å². The van der Waals surface area contributed by atoms with Crippen molar-refractivity contribution in [2.75, 3.05) is 18.8 Å². The van der Waals surface area contributed by atoms with Gasteiger partial charge in [-0.25, -0.2) is 4.98 Å². The number of hydrogen-bond acceptors (Lipinski definition) is 9. The summed E-state index contributed by atoms with van der Waals surface area (Å²) in [5, 5.41) is 27.9. The summed E-state index contributed by atoms with van der Waals surface area (Å²) in [5.41, 5.74) is 11.9. The number of anilines is 1. The maximum Gasteiger partial charge on any atom is 0.249 e. The first-order valence-corrected chi connectivity index (χ1v) is 16.3. The number of carbonyl (C=O) groups excluding carboxylic acids is 2. The second-order valence-corrected chi connectivity index (χ2v) is 12.7. The van der Waals surface area contributed by atoms with Crippen molar-refractivity contribution < 1.29 is 14.7 Å². The highest BCUT2D eigenvalue weighted by atomic mass is 16.3. The minimum Gasteiger partial charge on any atom is -0.507 e. The quantitative estimate of drug-likeness (QED) is 0.211. The Balaban J connectivity index is 0.966. The van der Waals surface area contributed by atoms with Gasteiger partial charge in [0.2, 0.25) is 11.8 Å². The molecule has 0 radical (unpaired) electrons. The highest BCUT2D eigenvalue weighted by molar-refractivity contribution is 6.10. The van der Waals surface area contributed by atoms with Gasteiger partial charge in [-0.2, -0.15) is 5.10 Å². The number of aromatic hydroxyl groups is 1. The summed E-state index contributed by atoms with van der Waals surface area (Å²) >= 11 is 0. The largest absolute Gasteiger partial charge is 0.507 e. The molecule has 48 heavy (non-hydrogen) atoms. The van der Waals surface area contributed by atoms with Crippen molar-refractivity contribution >= 4 is 39.6 Å². The van der Waals surface area contributed by atoms with E-state index in [4.69, 9.17) is 5.73 Å². The molecule has 0 saturated carbocycles. The van der Waals surface area contributed by atoms with Gasteiger partial charge in [0.05, 0.1) is 17.4 Å². The number of phenols is 1. The lowest BCUT2D eigenvalue weighted by Crippen LogP contribution is -2.41. The van der Waals surface area contributed by atoms with Crippen LogP contribution in [0, 0.1) is 5.92 Å². The van der Waals surface area contributed by atoms with E-state index in [9.17, 15) is 14.7 Å². The van der Waals surface area contributed by atoms with Crippen LogP contribution in [0.25, 0.3) is 44.3 Å². The van der Waals surface area contributed by atoms with Gasteiger partial charge < -0.3 is 15.4 Å². The van der Waals surface area contributed by atoms with Gasteiger partial charge in [-0.05, 0) is 80.2 Å². The average molecular weight is 642 g/mol. The molecular weight excluding hydrogens is 606 g/mol. The molecule has 6 aromatic rings. The fourth-order valence-electron chi connectivity index (χ4n) is 7.26. The van der Waals surface area contributed by atoms with E-state index in [1.807, 2.05) is 33.6 Å². The monoisotopic (exact) mass is 641 g/mol. The molecule has 242 valence electrons. The molecule has 1 unspecified atom stereocenters. The number of likely N-dealkylation sites (tertiary alicyclic amines) is 1. The lowest BCUT2D eigenvalue weighted by Gasteiger charge is -2.32. The fourth-order valence-corrected chi connectivity index (χ4v) is 7.26. The van der Waals surface area contributed by atoms with Crippen LogP contribution in [0.2, 0.25) is 0 Å². The zero-order valence-corrected chi connectivity index (χ0v) is 26.3. The molecule has 2 amide bonds. The van der Waals surface area contributed by atoms with Gasteiger partial charge in [0.1, 0.15) is 17.4 Å². The molecule has 2 aromatic carbocycles. The van der Waals surface area contributed by atoms with E-state index in [0.29, 0.717) is 35.8 Å². The molecule has 0 spiro atoms. The summed E-state index contributed by atoms with van der Waals surface area (Å²) in [5.74, 6) is 0.432. The summed E-state index contributed by atoms with van der Waals surface area (Å²) in [6, 6.07) is 18.7. The Labute approximate surface area is 276 Å². The molecule has 12 heteroatoms. The second-order valence-electron chi connectivity index (χ2n) is 12.7. The molecule has 4 aromatic heterocycles. The number of benzene rings is 2. The molecule has 4 N–H and O–H groups in total. The van der Waals surface area contributed by atoms with Crippen LogP contribution in [0.15, 0.2) is 79.3 Å². The number of para-hydroxylation sites is 1. The summed E-state index contributed by atoms with van der Waals surface area (Å²) in [6.45, 7) is 3.53. The summed E-state index contributed by atoms with van der Waals surface area (Å²) in [7, 11) is 0. The van der Waals surface area contributed by atoms with Crippen molar-refractivity contribution in [1.82, 2.24) is 39.7 Å². The molecule has 1 atom stereocenters. The van der Waals surface area contributed by atoms with Gasteiger partial charge in [-0.1, -0.05) is 24.3 Å².